The number of aromatic amines is 1. The number of esters is 1. The number of amides is 1. The van der Waals surface area contributed by atoms with Crippen LogP contribution in [0.2, 0.25) is 0 Å². The summed E-state index contributed by atoms with van der Waals surface area (Å²) in [5.41, 5.74) is 1.89. The lowest BCUT2D eigenvalue weighted by molar-refractivity contribution is -0.124. The number of Topliss-reactive ketones (excluding diaryl/α,β-unsaturated/α-hetero) is 1. The van der Waals surface area contributed by atoms with Gasteiger partial charge >= 0.3 is 5.97 Å². The Morgan fingerprint density at radius 3 is 2.25 bits per heavy atom. The number of carbonyl (C=O) groups is 3. The summed E-state index contributed by atoms with van der Waals surface area (Å²) < 4.78 is 5.05. The molecule has 0 aliphatic carbocycles. The molecule has 0 unspecified atom stereocenters. The van der Waals surface area contributed by atoms with Crippen molar-refractivity contribution in [2.45, 2.75) is 60.4 Å². The van der Waals surface area contributed by atoms with E-state index in [1.807, 2.05) is 6.92 Å². The van der Waals surface area contributed by atoms with Gasteiger partial charge in [-0.25, -0.2) is 4.79 Å². The molecule has 24 heavy (non-hydrogen) atoms. The summed E-state index contributed by atoms with van der Waals surface area (Å²) in [6, 6.07) is 0.0392. The summed E-state index contributed by atoms with van der Waals surface area (Å²) in [5, 5.41) is 2.81. The third-order valence-electron chi connectivity index (χ3n) is 3.91. The van der Waals surface area contributed by atoms with Crippen LogP contribution in [0, 0.1) is 19.8 Å². The van der Waals surface area contributed by atoms with Crippen molar-refractivity contribution in [1.29, 1.82) is 0 Å². The van der Waals surface area contributed by atoms with E-state index < -0.39 is 5.97 Å². The minimum Gasteiger partial charge on any atom is -0.451 e. The van der Waals surface area contributed by atoms with Crippen molar-refractivity contribution >= 4 is 17.7 Å². The number of hydrogen-bond acceptors (Lipinski definition) is 4. The number of ether oxygens (including phenoxy) is 1. The van der Waals surface area contributed by atoms with E-state index >= 15 is 0 Å². The number of H-pyrrole nitrogens is 1. The van der Waals surface area contributed by atoms with Gasteiger partial charge in [0, 0.05) is 17.3 Å². The fourth-order valence-corrected chi connectivity index (χ4v) is 2.66. The highest BCUT2D eigenvalue weighted by Crippen LogP contribution is 2.19. The van der Waals surface area contributed by atoms with Crippen LogP contribution in [0.15, 0.2) is 0 Å². The van der Waals surface area contributed by atoms with Crippen LogP contribution in [0.1, 0.15) is 72.6 Å². The van der Waals surface area contributed by atoms with Crippen LogP contribution in [-0.4, -0.2) is 35.3 Å². The number of aryl methyl sites for hydroxylation is 1. The highest BCUT2D eigenvalue weighted by molar-refractivity contribution is 6.01. The first-order valence-electron chi connectivity index (χ1n) is 8.30. The fourth-order valence-electron chi connectivity index (χ4n) is 2.66. The summed E-state index contributed by atoms with van der Waals surface area (Å²) in [6.07, 6.45) is 1.91. The van der Waals surface area contributed by atoms with Crippen molar-refractivity contribution in [3.05, 3.63) is 22.5 Å². The summed E-state index contributed by atoms with van der Waals surface area (Å²) in [6.45, 7) is 10.7. The van der Waals surface area contributed by atoms with Gasteiger partial charge < -0.3 is 15.0 Å². The van der Waals surface area contributed by atoms with Gasteiger partial charge in [-0.1, -0.05) is 13.8 Å². The number of nitrogens with one attached hydrogen (secondary N) is 2. The largest absolute Gasteiger partial charge is 0.451 e. The van der Waals surface area contributed by atoms with Crippen LogP contribution >= 0.6 is 0 Å². The minimum atomic E-state index is -0.631. The molecule has 0 aliphatic rings. The summed E-state index contributed by atoms with van der Waals surface area (Å²) in [5.74, 6) is -0.492. The Balaban J connectivity index is 2.56. The van der Waals surface area contributed by atoms with E-state index in [1.165, 1.54) is 6.92 Å². The molecule has 1 rings (SSSR count). The van der Waals surface area contributed by atoms with E-state index in [1.54, 1.807) is 13.8 Å². The van der Waals surface area contributed by atoms with Gasteiger partial charge in [0.15, 0.2) is 12.4 Å². The van der Waals surface area contributed by atoms with Crippen molar-refractivity contribution in [1.82, 2.24) is 10.3 Å². The first-order valence-corrected chi connectivity index (χ1v) is 8.30. The molecule has 1 aromatic rings. The second-order valence-corrected chi connectivity index (χ2v) is 6.70. The Morgan fingerprint density at radius 1 is 1.12 bits per heavy atom. The van der Waals surface area contributed by atoms with E-state index in [9.17, 15) is 14.4 Å². The van der Waals surface area contributed by atoms with Gasteiger partial charge in [0.1, 0.15) is 5.69 Å². The molecular weight excluding hydrogens is 308 g/mol. The van der Waals surface area contributed by atoms with Gasteiger partial charge in [-0.05, 0) is 52.0 Å². The highest BCUT2D eigenvalue weighted by Gasteiger charge is 2.21. The molecule has 0 spiro atoms. The van der Waals surface area contributed by atoms with Gasteiger partial charge in [-0.3, -0.25) is 9.59 Å². The summed E-state index contributed by atoms with van der Waals surface area (Å²) in [7, 11) is 0. The van der Waals surface area contributed by atoms with Crippen molar-refractivity contribution in [2.75, 3.05) is 6.61 Å². The molecule has 0 radical (unpaired) electrons. The second kappa shape index (κ2) is 8.66. The zero-order valence-corrected chi connectivity index (χ0v) is 15.4. The molecule has 0 saturated heterocycles. The Morgan fingerprint density at radius 2 is 1.75 bits per heavy atom. The molecule has 134 valence electrons. The van der Waals surface area contributed by atoms with Crippen LogP contribution < -0.4 is 5.32 Å². The van der Waals surface area contributed by atoms with Gasteiger partial charge in [-0.15, -0.1) is 0 Å². The number of hydrogen-bond donors (Lipinski definition) is 2. The number of ketones is 1. The Kier molecular flexibility index (Phi) is 7.19. The van der Waals surface area contributed by atoms with Gasteiger partial charge in [0.2, 0.25) is 0 Å². The molecule has 1 aromatic heterocycles. The lowest BCUT2D eigenvalue weighted by Gasteiger charge is -2.15. The molecule has 6 nitrogen and oxygen atoms in total. The number of rotatable bonds is 8. The molecule has 1 atom stereocenters. The zero-order chi connectivity index (χ0) is 18.4. The van der Waals surface area contributed by atoms with Crippen LogP contribution in [0.5, 0.6) is 0 Å². The maximum absolute atomic E-state index is 12.1. The Bertz CT molecular complexity index is 617. The second-order valence-electron chi connectivity index (χ2n) is 6.70. The molecule has 0 aromatic carbocycles. The lowest BCUT2D eigenvalue weighted by Crippen LogP contribution is -2.36. The summed E-state index contributed by atoms with van der Waals surface area (Å²) >= 11 is 0. The van der Waals surface area contributed by atoms with Gasteiger partial charge in [-0.2, -0.15) is 0 Å². The first kappa shape index (κ1) is 19.9. The average Bonchev–Trinajstić information content (AvgIpc) is 2.77. The monoisotopic (exact) mass is 336 g/mol. The van der Waals surface area contributed by atoms with E-state index in [2.05, 4.69) is 24.1 Å². The molecule has 1 amide bonds. The van der Waals surface area contributed by atoms with Crippen LogP contribution in [-0.2, 0) is 9.53 Å². The smallest absolute Gasteiger partial charge is 0.355 e. The normalized spacial score (nSPS) is 12.1. The SMILES string of the molecule is CC(=O)c1c(C)[nH]c(C(=O)OCC(=O)N[C@@H](C)CCC(C)C)c1C. The van der Waals surface area contributed by atoms with Crippen molar-refractivity contribution in [3.8, 4) is 0 Å². The zero-order valence-electron chi connectivity index (χ0n) is 15.4. The Labute approximate surface area is 143 Å². The van der Waals surface area contributed by atoms with E-state index in [0.29, 0.717) is 22.7 Å². The van der Waals surface area contributed by atoms with Crippen LogP contribution in [0.25, 0.3) is 0 Å². The predicted molar refractivity (Wildman–Crippen MR) is 92.2 cm³/mol. The minimum absolute atomic E-state index is 0.0392. The highest BCUT2D eigenvalue weighted by atomic mass is 16.5. The maximum Gasteiger partial charge on any atom is 0.355 e. The third-order valence-corrected chi connectivity index (χ3v) is 3.91. The van der Waals surface area contributed by atoms with Crippen LogP contribution in [0.4, 0.5) is 0 Å². The van der Waals surface area contributed by atoms with E-state index in [0.717, 1.165) is 12.8 Å². The van der Waals surface area contributed by atoms with Crippen molar-refractivity contribution in [2.24, 2.45) is 5.92 Å². The van der Waals surface area contributed by atoms with Gasteiger partial charge in [0.25, 0.3) is 5.91 Å². The lowest BCUT2D eigenvalue weighted by atomic mass is 10.0. The quantitative estimate of drug-likeness (QED) is 0.564. The van der Waals surface area contributed by atoms with Crippen molar-refractivity contribution < 1.29 is 19.1 Å². The van der Waals surface area contributed by atoms with E-state index in [-0.39, 0.29) is 30.0 Å². The molecule has 0 bridgehead atoms. The molecular formula is C18H28N2O4. The number of aromatic nitrogens is 1. The molecule has 1 heterocycles. The topological polar surface area (TPSA) is 88.3 Å². The third kappa shape index (κ3) is 5.51. The van der Waals surface area contributed by atoms with Crippen molar-refractivity contribution in [3.63, 3.8) is 0 Å². The number of carbonyl (C=O) groups excluding carboxylic acids is 3. The Hall–Kier alpha value is -2.11. The average molecular weight is 336 g/mol. The summed E-state index contributed by atoms with van der Waals surface area (Å²) in [4.78, 5) is 38.4. The molecule has 0 fully saturated rings. The maximum atomic E-state index is 12.1. The molecule has 2 N–H and O–H groups in total. The first-order chi connectivity index (χ1) is 11.1. The predicted octanol–water partition coefficient (Wildman–Crippen LogP) is 2.93. The van der Waals surface area contributed by atoms with Crippen LogP contribution in [0.3, 0.4) is 0 Å². The van der Waals surface area contributed by atoms with Gasteiger partial charge in [0.05, 0.1) is 0 Å². The molecule has 6 heteroatoms. The fraction of sp³-hybridized carbons (Fsp3) is 0.611. The standard InChI is InChI=1S/C18H28N2O4/c1-10(2)7-8-11(3)19-15(22)9-24-18(23)17-12(4)16(14(6)21)13(5)20-17/h10-11,20H,7-9H2,1-6H3,(H,19,22)/t11-/m0/s1. The van der Waals surface area contributed by atoms with E-state index in [4.69, 9.17) is 4.74 Å². The molecule has 0 saturated carbocycles. The molecule has 0 aliphatic heterocycles.